The summed E-state index contributed by atoms with van der Waals surface area (Å²) in [4.78, 5) is 18.1. The van der Waals surface area contributed by atoms with E-state index in [1.54, 1.807) is 11.9 Å². The first-order valence-corrected chi connectivity index (χ1v) is 6.82. The Kier molecular flexibility index (Phi) is 4.17. The van der Waals surface area contributed by atoms with Crippen molar-refractivity contribution in [1.82, 2.24) is 15.2 Å². The van der Waals surface area contributed by atoms with Crippen LogP contribution in [-0.2, 0) is 6.42 Å². The van der Waals surface area contributed by atoms with Gasteiger partial charge in [-0.2, -0.15) is 0 Å². The molecule has 1 heterocycles. The first-order valence-electron chi connectivity index (χ1n) is 6.82. The van der Waals surface area contributed by atoms with Crippen LogP contribution in [0.2, 0.25) is 0 Å². The first-order chi connectivity index (χ1) is 9.52. The SMILES string of the molecule is CCc1ccc(N(C)C(=O)c2n[nH]c(C(C)C)n2)cc1. The molecule has 0 aliphatic heterocycles. The second kappa shape index (κ2) is 5.86. The van der Waals surface area contributed by atoms with Crippen molar-refractivity contribution < 1.29 is 4.79 Å². The lowest BCUT2D eigenvalue weighted by Gasteiger charge is -2.15. The molecule has 2 aromatic rings. The number of rotatable bonds is 4. The van der Waals surface area contributed by atoms with Crippen LogP contribution in [0.1, 0.15) is 48.7 Å². The topological polar surface area (TPSA) is 61.9 Å². The lowest BCUT2D eigenvalue weighted by molar-refractivity contribution is 0.0983. The fourth-order valence-electron chi connectivity index (χ4n) is 1.85. The van der Waals surface area contributed by atoms with Gasteiger partial charge in [-0.1, -0.05) is 32.9 Å². The number of carbonyl (C=O) groups excluding carboxylic acids is 1. The zero-order valence-electron chi connectivity index (χ0n) is 12.3. The summed E-state index contributed by atoms with van der Waals surface area (Å²) in [6.45, 7) is 6.11. The lowest BCUT2D eigenvalue weighted by Crippen LogP contribution is -2.27. The summed E-state index contributed by atoms with van der Waals surface area (Å²) in [5.74, 6) is 0.939. The van der Waals surface area contributed by atoms with Gasteiger partial charge in [0, 0.05) is 18.7 Å². The predicted molar refractivity (Wildman–Crippen MR) is 79.0 cm³/mol. The minimum absolute atomic E-state index is 0.204. The Morgan fingerprint density at radius 3 is 2.45 bits per heavy atom. The van der Waals surface area contributed by atoms with Crippen molar-refractivity contribution in [3.8, 4) is 0 Å². The van der Waals surface area contributed by atoms with Gasteiger partial charge in [0.2, 0.25) is 5.82 Å². The minimum Gasteiger partial charge on any atom is -0.309 e. The molecule has 0 bridgehead atoms. The highest BCUT2D eigenvalue weighted by Crippen LogP contribution is 2.16. The van der Waals surface area contributed by atoms with Crippen molar-refractivity contribution in [3.05, 3.63) is 41.5 Å². The van der Waals surface area contributed by atoms with Gasteiger partial charge in [-0.05, 0) is 24.1 Å². The van der Waals surface area contributed by atoms with Gasteiger partial charge >= 0.3 is 0 Å². The minimum atomic E-state index is -0.211. The third-order valence-electron chi connectivity index (χ3n) is 3.28. The average Bonchev–Trinajstić information content (AvgIpc) is 2.96. The van der Waals surface area contributed by atoms with Gasteiger partial charge in [0.05, 0.1) is 0 Å². The molecule has 0 radical (unpaired) electrons. The molecule has 0 fully saturated rings. The molecule has 5 nitrogen and oxygen atoms in total. The number of H-pyrrole nitrogens is 1. The van der Waals surface area contributed by atoms with Gasteiger partial charge in [-0.25, -0.2) is 4.98 Å². The highest BCUT2D eigenvalue weighted by atomic mass is 16.2. The van der Waals surface area contributed by atoms with Crippen LogP contribution in [0.5, 0.6) is 0 Å². The Bertz CT molecular complexity index is 586. The van der Waals surface area contributed by atoms with E-state index in [1.165, 1.54) is 5.56 Å². The van der Waals surface area contributed by atoms with Crippen LogP contribution in [0, 0.1) is 0 Å². The van der Waals surface area contributed by atoms with Crippen molar-refractivity contribution in [2.24, 2.45) is 0 Å². The Balaban J connectivity index is 2.18. The second-order valence-corrected chi connectivity index (χ2v) is 5.08. The van der Waals surface area contributed by atoms with Crippen LogP contribution in [0.15, 0.2) is 24.3 Å². The average molecular weight is 272 g/mol. The molecule has 5 heteroatoms. The molecule has 0 saturated heterocycles. The molecule has 0 unspecified atom stereocenters. The Morgan fingerprint density at radius 1 is 1.30 bits per heavy atom. The maximum atomic E-state index is 12.3. The Hall–Kier alpha value is -2.17. The molecular formula is C15H20N4O. The molecule has 0 atom stereocenters. The van der Waals surface area contributed by atoms with Gasteiger partial charge in [0.1, 0.15) is 5.82 Å². The van der Waals surface area contributed by atoms with E-state index in [2.05, 4.69) is 22.1 Å². The monoisotopic (exact) mass is 272 g/mol. The summed E-state index contributed by atoms with van der Waals surface area (Å²) in [6, 6.07) is 7.92. The quantitative estimate of drug-likeness (QED) is 0.931. The fourth-order valence-corrected chi connectivity index (χ4v) is 1.85. The van der Waals surface area contributed by atoms with Crippen LogP contribution in [0.4, 0.5) is 5.69 Å². The van der Waals surface area contributed by atoms with E-state index in [4.69, 9.17) is 0 Å². The molecule has 0 aliphatic carbocycles. The van der Waals surface area contributed by atoms with Crippen LogP contribution < -0.4 is 4.90 Å². The van der Waals surface area contributed by atoms with E-state index in [9.17, 15) is 4.79 Å². The van der Waals surface area contributed by atoms with Crippen molar-refractivity contribution in [3.63, 3.8) is 0 Å². The highest BCUT2D eigenvalue weighted by Gasteiger charge is 2.19. The van der Waals surface area contributed by atoms with Crippen molar-refractivity contribution in [1.29, 1.82) is 0 Å². The van der Waals surface area contributed by atoms with Crippen molar-refractivity contribution in [2.45, 2.75) is 33.1 Å². The van der Waals surface area contributed by atoms with Crippen molar-refractivity contribution >= 4 is 11.6 Å². The van der Waals surface area contributed by atoms with Gasteiger partial charge in [-0.15, -0.1) is 5.10 Å². The summed E-state index contributed by atoms with van der Waals surface area (Å²) >= 11 is 0. The number of hydrogen-bond donors (Lipinski definition) is 1. The van der Waals surface area contributed by atoms with E-state index in [0.29, 0.717) is 0 Å². The van der Waals surface area contributed by atoms with Crippen LogP contribution >= 0.6 is 0 Å². The molecule has 106 valence electrons. The van der Waals surface area contributed by atoms with Crippen LogP contribution in [-0.4, -0.2) is 28.1 Å². The number of anilines is 1. The van der Waals surface area contributed by atoms with Gasteiger partial charge in [-0.3, -0.25) is 9.89 Å². The molecule has 1 N–H and O–H groups in total. The van der Waals surface area contributed by atoms with Crippen LogP contribution in [0.25, 0.3) is 0 Å². The molecule has 0 saturated carbocycles. The smallest absolute Gasteiger partial charge is 0.297 e. The van der Waals surface area contributed by atoms with E-state index in [0.717, 1.165) is 17.9 Å². The second-order valence-electron chi connectivity index (χ2n) is 5.08. The molecule has 20 heavy (non-hydrogen) atoms. The lowest BCUT2D eigenvalue weighted by atomic mass is 10.1. The first kappa shape index (κ1) is 14.2. The summed E-state index contributed by atoms with van der Waals surface area (Å²) < 4.78 is 0. The zero-order valence-corrected chi connectivity index (χ0v) is 12.3. The maximum Gasteiger partial charge on any atom is 0.297 e. The number of nitrogens with zero attached hydrogens (tertiary/aromatic N) is 3. The fraction of sp³-hybridized carbons (Fsp3) is 0.400. The summed E-state index contributed by atoms with van der Waals surface area (Å²) in [7, 11) is 1.73. The van der Waals surface area contributed by atoms with E-state index < -0.39 is 0 Å². The van der Waals surface area contributed by atoms with Gasteiger partial charge in [0.15, 0.2) is 0 Å². The molecule has 1 amide bonds. The number of amides is 1. The van der Waals surface area contributed by atoms with Gasteiger partial charge < -0.3 is 4.90 Å². The molecular weight excluding hydrogens is 252 g/mol. The van der Waals surface area contributed by atoms with E-state index >= 15 is 0 Å². The largest absolute Gasteiger partial charge is 0.309 e. The third kappa shape index (κ3) is 2.87. The normalized spacial score (nSPS) is 10.8. The molecule has 0 aliphatic rings. The molecule has 2 rings (SSSR count). The number of hydrogen-bond acceptors (Lipinski definition) is 3. The molecule has 1 aromatic heterocycles. The number of benzene rings is 1. The number of nitrogens with one attached hydrogen (secondary N) is 1. The third-order valence-corrected chi connectivity index (χ3v) is 3.28. The maximum absolute atomic E-state index is 12.3. The standard InChI is InChI=1S/C15H20N4O/c1-5-11-6-8-12(9-7-11)19(4)15(20)14-16-13(10(2)3)17-18-14/h6-10H,5H2,1-4H3,(H,16,17,18). The number of carbonyl (C=O) groups is 1. The number of aryl methyl sites for hydroxylation is 1. The van der Waals surface area contributed by atoms with Crippen LogP contribution in [0.3, 0.4) is 0 Å². The Labute approximate surface area is 119 Å². The van der Waals surface area contributed by atoms with Gasteiger partial charge in [0.25, 0.3) is 5.91 Å². The number of aromatic nitrogens is 3. The highest BCUT2D eigenvalue weighted by molar-refractivity contribution is 6.03. The summed E-state index contributed by atoms with van der Waals surface area (Å²) in [5, 5.41) is 6.79. The van der Waals surface area contributed by atoms with E-state index in [-0.39, 0.29) is 17.6 Å². The summed E-state index contributed by atoms with van der Waals surface area (Å²) in [5.41, 5.74) is 2.08. The predicted octanol–water partition coefficient (Wildman–Crippen LogP) is 2.77. The van der Waals surface area contributed by atoms with Crippen molar-refractivity contribution in [2.75, 3.05) is 11.9 Å². The molecule has 0 spiro atoms. The Morgan fingerprint density at radius 2 is 1.95 bits per heavy atom. The number of aromatic amines is 1. The van der Waals surface area contributed by atoms with E-state index in [1.807, 2.05) is 38.1 Å². The zero-order chi connectivity index (χ0) is 14.7. The molecule has 1 aromatic carbocycles. The summed E-state index contributed by atoms with van der Waals surface area (Å²) in [6.07, 6.45) is 0.983.